The van der Waals surface area contributed by atoms with Gasteiger partial charge in [0.05, 0.1) is 0 Å². The third-order valence-electron chi connectivity index (χ3n) is 1.27. The lowest BCUT2D eigenvalue weighted by Crippen LogP contribution is -1.89. The molecule has 0 unspecified atom stereocenters. The van der Waals surface area contributed by atoms with Crippen LogP contribution in [-0.4, -0.2) is 0 Å². The maximum Gasteiger partial charge on any atom is 0.128 e. The lowest BCUT2D eigenvalue weighted by Gasteiger charge is -2.03. The van der Waals surface area contributed by atoms with Crippen molar-refractivity contribution in [2.24, 2.45) is 0 Å². The summed E-state index contributed by atoms with van der Waals surface area (Å²) < 4.78 is 14.8. The van der Waals surface area contributed by atoms with Gasteiger partial charge in [-0.25, -0.2) is 4.39 Å². The number of hydrogen-bond acceptors (Lipinski definition) is 0. The van der Waals surface area contributed by atoms with Crippen molar-refractivity contribution in [3.05, 3.63) is 31.6 Å². The molecule has 4 heteroatoms. The highest BCUT2D eigenvalue weighted by molar-refractivity contribution is 14.1. The lowest BCUT2D eigenvalue weighted by atomic mass is 10.2. The molecule has 1 aromatic carbocycles. The van der Waals surface area contributed by atoms with E-state index in [1.807, 2.05) is 0 Å². The molecule has 1 rings (SSSR count). The van der Waals surface area contributed by atoms with Crippen LogP contribution in [0.15, 0.2) is 16.6 Å². The summed E-state index contributed by atoms with van der Waals surface area (Å²) >= 11 is 8.69. The molecule has 0 N–H and O–H groups in total. The van der Waals surface area contributed by atoms with Gasteiger partial charge in [-0.05, 0) is 50.7 Å². The van der Waals surface area contributed by atoms with Gasteiger partial charge in [-0.1, -0.05) is 15.9 Å². The van der Waals surface area contributed by atoms with Gasteiger partial charge in [0, 0.05) is 18.9 Å². The minimum absolute atomic E-state index is 0.172. The Morgan fingerprint density at radius 2 is 2.09 bits per heavy atom. The van der Waals surface area contributed by atoms with E-state index in [4.69, 9.17) is 0 Å². The second-order valence-electron chi connectivity index (χ2n) is 1.96. The van der Waals surface area contributed by atoms with Gasteiger partial charge in [-0.15, -0.1) is 0 Å². The highest BCUT2D eigenvalue weighted by atomic mass is 127. The number of hydrogen-bond donors (Lipinski definition) is 0. The monoisotopic (exact) mass is 392 g/mol. The van der Waals surface area contributed by atoms with Crippen LogP contribution in [0.4, 0.5) is 4.39 Å². The van der Waals surface area contributed by atoms with Gasteiger partial charge in [0.15, 0.2) is 0 Å². The van der Waals surface area contributed by atoms with Crippen LogP contribution >= 0.6 is 54.5 Å². The number of alkyl halides is 1. The quantitative estimate of drug-likeness (QED) is 0.383. The fraction of sp³-hybridized carbons (Fsp3) is 0.143. The van der Waals surface area contributed by atoms with Crippen molar-refractivity contribution >= 4 is 54.5 Å². The molecular weight excluding hydrogens is 390 g/mol. The highest BCUT2D eigenvalue weighted by Gasteiger charge is 2.07. The Kier molecular flexibility index (Phi) is 3.77. The molecule has 0 spiro atoms. The van der Waals surface area contributed by atoms with Crippen LogP contribution in [0.1, 0.15) is 5.56 Å². The molecular formula is C7H4Br2FI. The van der Waals surface area contributed by atoms with E-state index in [2.05, 4.69) is 54.5 Å². The summed E-state index contributed by atoms with van der Waals surface area (Å²) in [5.74, 6) is -0.172. The van der Waals surface area contributed by atoms with Crippen molar-refractivity contribution in [3.8, 4) is 0 Å². The van der Waals surface area contributed by atoms with E-state index in [0.717, 1.165) is 8.04 Å². The van der Waals surface area contributed by atoms with Gasteiger partial charge in [0.25, 0.3) is 0 Å². The molecule has 0 aliphatic heterocycles. The van der Waals surface area contributed by atoms with Crippen LogP contribution in [0.25, 0.3) is 0 Å². The smallest absolute Gasteiger partial charge is 0.128 e. The van der Waals surface area contributed by atoms with Crippen molar-refractivity contribution in [3.63, 3.8) is 0 Å². The van der Waals surface area contributed by atoms with E-state index in [1.165, 1.54) is 6.07 Å². The Morgan fingerprint density at radius 1 is 1.45 bits per heavy atom. The zero-order valence-electron chi connectivity index (χ0n) is 5.37. The molecule has 0 aromatic heterocycles. The van der Waals surface area contributed by atoms with Crippen LogP contribution < -0.4 is 0 Å². The fourth-order valence-electron chi connectivity index (χ4n) is 0.692. The van der Waals surface area contributed by atoms with E-state index >= 15 is 0 Å². The summed E-state index contributed by atoms with van der Waals surface area (Å²) in [4.78, 5) is 0. The Labute approximate surface area is 95.0 Å². The molecule has 0 radical (unpaired) electrons. The van der Waals surface area contributed by atoms with E-state index in [9.17, 15) is 4.39 Å². The maximum absolute atomic E-state index is 13.0. The SMILES string of the molecule is Fc1ccc(I)c(Br)c1CBr. The zero-order chi connectivity index (χ0) is 8.43. The Hall–Kier alpha value is 0.840. The summed E-state index contributed by atoms with van der Waals surface area (Å²) in [5.41, 5.74) is 0.678. The molecule has 0 fully saturated rings. The highest BCUT2D eigenvalue weighted by Crippen LogP contribution is 2.27. The number of benzene rings is 1. The lowest BCUT2D eigenvalue weighted by molar-refractivity contribution is 0.616. The van der Waals surface area contributed by atoms with E-state index < -0.39 is 0 Å². The van der Waals surface area contributed by atoms with Gasteiger partial charge in [0.2, 0.25) is 0 Å². The van der Waals surface area contributed by atoms with Crippen molar-refractivity contribution in [1.29, 1.82) is 0 Å². The van der Waals surface area contributed by atoms with Crippen LogP contribution in [0.5, 0.6) is 0 Å². The third-order valence-corrected chi connectivity index (χ3v) is 4.38. The normalized spacial score (nSPS) is 10.2. The average molecular weight is 394 g/mol. The van der Waals surface area contributed by atoms with Crippen LogP contribution in [0, 0.1) is 9.39 Å². The first-order chi connectivity index (χ1) is 5.16. The number of halogens is 4. The van der Waals surface area contributed by atoms with E-state index in [-0.39, 0.29) is 5.82 Å². The molecule has 0 saturated heterocycles. The van der Waals surface area contributed by atoms with Crippen molar-refractivity contribution in [2.75, 3.05) is 0 Å². The Balaban J connectivity index is 3.29. The topological polar surface area (TPSA) is 0 Å². The largest absolute Gasteiger partial charge is 0.207 e. The molecule has 11 heavy (non-hydrogen) atoms. The summed E-state index contributed by atoms with van der Waals surface area (Å²) in [6.07, 6.45) is 0. The van der Waals surface area contributed by atoms with E-state index in [1.54, 1.807) is 6.07 Å². The first kappa shape index (κ1) is 9.92. The molecule has 0 nitrogen and oxygen atoms in total. The van der Waals surface area contributed by atoms with Crippen LogP contribution in [-0.2, 0) is 5.33 Å². The van der Waals surface area contributed by atoms with Gasteiger partial charge in [-0.3, -0.25) is 0 Å². The number of rotatable bonds is 1. The van der Waals surface area contributed by atoms with Crippen molar-refractivity contribution < 1.29 is 4.39 Å². The standard InChI is InChI=1S/C7H4Br2FI/c8-3-4-5(10)1-2-6(11)7(4)9/h1-2H,3H2. The first-order valence-corrected chi connectivity index (χ1v) is 5.84. The Morgan fingerprint density at radius 3 is 2.55 bits per heavy atom. The molecule has 0 bridgehead atoms. The molecule has 0 aliphatic rings. The minimum atomic E-state index is -0.172. The molecule has 0 atom stereocenters. The van der Waals surface area contributed by atoms with Crippen molar-refractivity contribution in [1.82, 2.24) is 0 Å². The summed E-state index contributed by atoms with van der Waals surface area (Å²) in [6, 6.07) is 3.22. The predicted molar refractivity (Wildman–Crippen MR) is 59.4 cm³/mol. The fourth-order valence-corrected chi connectivity index (χ4v) is 2.58. The van der Waals surface area contributed by atoms with E-state index in [0.29, 0.717) is 10.9 Å². The van der Waals surface area contributed by atoms with Crippen LogP contribution in [0.3, 0.4) is 0 Å². The van der Waals surface area contributed by atoms with Gasteiger partial charge < -0.3 is 0 Å². The Bertz CT molecular complexity index is 275. The summed E-state index contributed by atoms with van der Waals surface area (Å²) in [6.45, 7) is 0. The second kappa shape index (κ2) is 4.18. The van der Waals surface area contributed by atoms with Gasteiger partial charge in [-0.2, -0.15) is 0 Å². The molecule has 0 heterocycles. The first-order valence-electron chi connectivity index (χ1n) is 2.85. The second-order valence-corrected chi connectivity index (χ2v) is 4.47. The van der Waals surface area contributed by atoms with Gasteiger partial charge in [0.1, 0.15) is 5.82 Å². The molecule has 0 amide bonds. The molecule has 1 aromatic rings. The third kappa shape index (κ3) is 2.15. The van der Waals surface area contributed by atoms with Gasteiger partial charge >= 0.3 is 0 Å². The van der Waals surface area contributed by atoms with Crippen molar-refractivity contribution in [2.45, 2.75) is 5.33 Å². The zero-order valence-corrected chi connectivity index (χ0v) is 10.7. The molecule has 0 saturated carbocycles. The minimum Gasteiger partial charge on any atom is -0.207 e. The maximum atomic E-state index is 13.0. The molecule has 60 valence electrons. The average Bonchev–Trinajstić information content (AvgIpc) is 1.99. The predicted octanol–water partition coefficient (Wildman–Crippen LogP) is 4.09. The van der Waals surface area contributed by atoms with Crippen LogP contribution in [0.2, 0.25) is 0 Å². The summed E-state index contributed by atoms with van der Waals surface area (Å²) in [5, 5.41) is 0.538. The molecule has 0 aliphatic carbocycles. The summed E-state index contributed by atoms with van der Waals surface area (Å²) in [7, 11) is 0.